The van der Waals surface area contributed by atoms with Crippen LogP contribution in [-0.4, -0.2) is 33.7 Å². The monoisotopic (exact) mass is 280 g/mol. The molecule has 0 aromatic carbocycles. The third kappa shape index (κ3) is 3.57. The van der Waals surface area contributed by atoms with Gasteiger partial charge in [0.05, 0.1) is 6.10 Å². The zero-order chi connectivity index (χ0) is 15.3. The van der Waals surface area contributed by atoms with Crippen LogP contribution in [0.1, 0.15) is 33.6 Å². The number of ketones is 1. The van der Waals surface area contributed by atoms with Crippen LogP contribution in [0.2, 0.25) is 0 Å². The lowest BCUT2D eigenvalue weighted by Crippen LogP contribution is -2.32. The fourth-order valence-electron chi connectivity index (χ4n) is 1.92. The Kier molecular flexibility index (Phi) is 5.27. The second-order valence-corrected chi connectivity index (χ2v) is 4.89. The van der Waals surface area contributed by atoms with Crippen LogP contribution in [-0.2, 0) is 14.3 Å². The van der Waals surface area contributed by atoms with Crippen LogP contribution in [0, 0.1) is 0 Å². The van der Waals surface area contributed by atoms with Crippen LogP contribution in [0.15, 0.2) is 35.6 Å². The highest BCUT2D eigenvalue weighted by Crippen LogP contribution is 2.34. The van der Waals surface area contributed by atoms with E-state index in [-0.39, 0.29) is 17.8 Å². The molecular weight excluding hydrogens is 260 g/mol. The van der Waals surface area contributed by atoms with Gasteiger partial charge in [0.2, 0.25) is 5.78 Å². The standard InChI is InChI=1S/C15H20O5/c1-4-5-6-7-8-15(3)13(17)12(14(18)19)11(20-15)9-10(2)16/h5-8,10,16H,4,9H2,1-3H3,(H,18,19)/b6-5+,8-7+/t10?,15-/m1/s1. The minimum absolute atomic E-state index is 0.00159. The Bertz CT molecular complexity index is 484. The van der Waals surface area contributed by atoms with E-state index in [1.54, 1.807) is 12.2 Å². The van der Waals surface area contributed by atoms with E-state index < -0.39 is 23.5 Å². The zero-order valence-electron chi connectivity index (χ0n) is 11.9. The molecule has 0 aliphatic carbocycles. The highest BCUT2D eigenvalue weighted by Gasteiger charge is 2.46. The topological polar surface area (TPSA) is 83.8 Å². The van der Waals surface area contributed by atoms with Crippen molar-refractivity contribution in [3.63, 3.8) is 0 Å². The van der Waals surface area contributed by atoms with E-state index in [1.165, 1.54) is 19.9 Å². The smallest absolute Gasteiger partial charge is 0.342 e. The number of ether oxygens (including phenoxy) is 1. The Morgan fingerprint density at radius 3 is 2.60 bits per heavy atom. The average Bonchev–Trinajstić information content (AvgIpc) is 2.56. The molecule has 0 aromatic rings. The van der Waals surface area contributed by atoms with E-state index in [0.717, 1.165) is 6.42 Å². The van der Waals surface area contributed by atoms with Crippen molar-refractivity contribution < 1.29 is 24.5 Å². The Morgan fingerprint density at radius 1 is 1.45 bits per heavy atom. The maximum absolute atomic E-state index is 12.2. The van der Waals surface area contributed by atoms with Gasteiger partial charge in [-0.1, -0.05) is 25.2 Å². The van der Waals surface area contributed by atoms with Crippen molar-refractivity contribution in [3.05, 3.63) is 35.6 Å². The van der Waals surface area contributed by atoms with Crippen LogP contribution in [0.25, 0.3) is 0 Å². The van der Waals surface area contributed by atoms with Crippen LogP contribution < -0.4 is 0 Å². The van der Waals surface area contributed by atoms with Gasteiger partial charge in [-0.05, 0) is 26.3 Å². The molecule has 0 aromatic heterocycles. The summed E-state index contributed by atoms with van der Waals surface area (Å²) < 4.78 is 5.49. The Morgan fingerprint density at radius 2 is 2.10 bits per heavy atom. The Balaban J connectivity index is 3.02. The number of hydrogen-bond donors (Lipinski definition) is 2. The summed E-state index contributed by atoms with van der Waals surface area (Å²) in [5.74, 6) is -1.89. The van der Waals surface area contributed by atoms with Crippen molar-refractivity contribution in [2.45, 2.75) is 45.3 Å². The fraction of sp³-hybridized carbons (Fsp3) is 0.467. The van der Waals surface area contributed by atoms with E-state index in [9.17, 15) is 14.7 Å². The van der Waals surface area contributed by atoms with Crippen molar-refractivity contribution in [3.8, 4) is 0 Å². The second-order valence-electron chi connectivity index (χ2n) is 4.89. The summed E-state index contributed by atoms with van der Waals surface area (Å²) in [6.45, 7) is 5.01. The first-order valence-corrected chi connectivity index (χ1v) is 6.54. The third-order valence-electron chi connectivity index (χ3n) is 2.88. The molecular formula is C15H20O5. The van der Waals surface area contributed by atoms with Crippen LogP contribution in [0.4, 0.5) is 0 Å². The molecule has 110 valence electrons. The van der Waals surface area contributed by atoms with Gasteiger partial charge in [0.25, 0.3) is 0 Å². The predicted octanol–water partition coefficient (Wildman–Crippen LogP) is 1.98. The molecule has 5 heteroatoms. The van der Waals surface area contributed by atoms with Gasteiger partial charge in [-0.3, -0.25) is 4.79 Å². The highest BCUT2D eigenvalue weighted by atomic mass is 16.5. The molecule has 5 nitrogen and oxygen atoms in total. The van der Waals surface area contributed by atoms with Gasteiger partial charge in [-0.15, -0.1) is 0 Å². The summed E-state index contributed by atoms with van der Waals surface area (Å²) in [5.41, 5.74) is -1.70. The molecule has 0 spiro atoms. The summed E-state index contributed by atoms with van der Waals surface area (Å²) in [7, 11) is 0. The molecule has 1 aliphatic heterocycles. The van der Waals surface area contributed by atoms with Gasteiger partial charge in [0.1, 0.15) is 11.3 Å². The van der Waals surface area contributed by atoms with E-state index in [2.05, 4.69) is 0 Å². The van der Waals surface area contributed by atoms with E-state index >= 15 is 0 Å². The van der Waals surface area contributed by atoms with Crippen molar-refractivity contribution in [2.75, 3.05) is 0 Å². The molecule has 1 heterocycles. The molecule has 0 bridgehead atoms. The van der Waals surface area contributed by atoms with Gasteiger partial charge in [0.15, 0.2) is 5.60 Å². The number of aliphatic carboxylic acids is 1. The largest absolute Gasteiger partial charge is 0.478 e. The number of rotatable bonds is 6. The molecule has 0 saturated carbocycles. The molecule has 20 heavy (non-hydrogen) atoms. The number of carboxylic acid groups (broad SMARTS) is 1. The van der Waals surface area contributed by atoms with Gasteiger partial charge in [0, 0.05) is 6.42 Å². The lowest BCUT2D eigenvalue weighted by molar-refractivity contribution is -0.135. The molecule has 2 atom stereocenters. The van der Waals surface area contributed by atoms with E-state index in [0.29, 0.717) is 0 Å². The van der Waals surface area contributed by atoms with E-state index in [4.69, 9.17) is 9.84 Å². The Hall–Kier alpha value is -1.88. The molecule has 1 aliphatic rings. The maximum Gasteiger partial charge on any atom is 0.342 e. The first-order valence-electron chi connectivity index (χ1n) is 6.54. The molecule has 0 amide bonds. The van der Waals surface area contributed by atoms with Crippen LogP contribution >= 0.6 is 0 Å². The number of hydrogen-bond acceptors (Lipinski definition) is 4. The number of aliphatic hydroxyl groups is 1. The molecule has 0 radical (unpaired) electrons. The summed E-state index contributed by atoms with van der Waals surface area (Å²) in [6.07, 6.45) is 6.95. The fourth-order valence-corrected chi connectivity index (χ4v) is 1.92. The van der Waals surface area contributed by atoms with E-state index in [1.807, 2.05) is 13.0 Å². The van der Waals surface area contributed by atoms with Crippen molar-refractivity contribution in [1.82, 2.24) is 0 Å². The lowest BCUT2D eigenvalue weighted by Gasteiger charge is -2.19. The molecule has 2 N–H and O–H groups in total. The number of Topliss-reactive ketones (excluding diaryl/α,β-unsaturated/α-hetero) is 1. The minimum Gasteiger partial charge on any atom is -0.478 e. The summed E-state index contributed by atoms with van der Waals surface area (Å²) in [4.78, 5) is 23.4. The summed E-state index contributed by atoms with van der Waals surface area (Å²) >= 11 is 0. The first-order chi connectivity index (χ1) is 9.31. The van der Waals surface area contributed by atoms with Crippen molar-refractivity contribution in [2.24, 2.45) is 0 Å². The van der Waals surface area contributed by atoms with Crippen molar-refractivity contribution >= 4 is 11.8 Å². The van der Waals surface area contributed by atoms with Crippen LogP contribution in [0.5, 0.6) is 0 Å². The number of carbonyl (C=O) groups is 2. The quantitative estimate of drug-likeness (QED) is 0.574. The molecule has 0 saturated heterocycles. The zero-order valence-corrected chi connectivity index (χ0v) is 11.9. The van der Waals surface area contributed by atoms with Gasteiger partial charge >= 0.3 is 5.97 Å². The SMILES string of the molecule is CC/C=C/C=C/[C@@]1(C)OC(CC(C)O)=C(C(=O)O)C1=O. The number of carbonyl (C=O) groups excluding carboxylic acids is 1. The predicted molar refractivity (Wildman–Crippen MR) is 74.0 cm³/mol. The summed E-state index contributed by atoms with van der Waals surface area (Å²) in [5, 5.41) is 18.5. The molecule has 1 unspecified atom stereocenters. The van der Waals surface area contributed by atoms with Crippen LogP contribution in [0.3, 0.4) is 0 Å². The normalized spacial score (nSPS) is 24.7. The Labute approximate surface area is 118 Å². The van der Waals surface area contributed by atoms with Gasteiger partial charge in [-0.2, -0.15) is 0 Å². The van der Waals surface area contributed by atoms with Crippen molar-refractivity contribution in [1.29, 1.82) is 0 Å². The second kappa shape index (κ2) is 6.52. The lowest BCUT2D eigenvalue weighted by atomic mass is 9.96. The summed E-state index contributed by atoms with van der Waals surface area (Å²) in [6, 6.07) is 0. The van der Waals surface area contributed by atoms with Gasteiger partial charge < -0.3 is 14.9 Å². The van der Waals surface area contributed by atoms with Gasteiger partial charge in [-0.25, -0.2) is 4.79 Å². The maximum atomic E-state index is 12.2. The number of aliphatic hydroxyl groups excluding tert-OH is 1. The number of allylic oxidation sites excluding steroid dienone is 3. The number of carboxylic acids is 1. The molecule has 1 rings (SSSR count). The molecule has 0 fully saturated rings. The minimum atomic E-state index is -1.33. The average molecular weight is 280 g/mol. The third-order valence-corrected chi connectivity index (χ3v) is 2.88. The highest BCUT2D eigenvalue weighted by molar-refractivity contribution is 6.22. The first kappa shape index (κ1) is 16.2.